The average Bonchev–Trinajstić information content (AvgIpc) is 2.64. The first kappa shape index (κ1) is 13.5. The molecular weight excluding hydrogens is 220 g/mol. The summed E-state index contributed by atoms with van der Waals surface area (Å²) in [7, 11) is 1.93. The van der Waals surface area contributed by atoms with Crippen LogP contribution in [0.4, 0.5) is 0 Å². The maximum Gasteiger partial charge on any atom is 0.185 e. The molecule has 0 aliphatic heterocycles. The van der Waals surface area contributed by atoms with E-state index in [1.165, 1.54) is 6.42 Å². The molecule has 4 nitrogen and oxygen atoms in total. The number of thioether (sulfide) groups is 1. The van der Waals surface area contributed by atoms with Gasteiger partial charge in [-0.15, -0.1) is 0 Å². The fourth-order valence-corrected chi connectivity index (χ4v) is 2.58. The number of rotatable bonds is 7. The van der Waals surface area contributed by atoms with Gasteiger partial charge in [-0.2, -0.15) is 5.10 Å². The monoisotopic (exact) mass is 242 g/mol. The third kappa shape index (κ3) is 4.14. The summed E-state index contributed by atoms with van der Waals surface area (Å²) in [6.45, 7) is 7.79. The Hall–Kier alpha value is -0.550. The maximum absolute atomic E-state index is 4.21. The van der Waals surface area contributed by atoms with Crippen molar-refractivity contribution in [2.45, 2.75) is 38.4 Å². The lowest BCUT2D eigenvalue weighted by Gasteiger charge is -2.21. The summed E-state index contributed by atoms with van der Waals surface area (Å²) in [5, 5.41) is 8.63. The molecule has 0 saturated carbocycles. The molecule has 0 aliphatic carbocycles. The molecule has 0 amide bonds. The molecule has 0 aromatic carbocycles. The van der Waals surface area contributed by atoms with Gasteiger partial charge in [0.05, 0.1) is 0 Å². The van der Waals surface area contributed by atoms with Crippen LogP contribution in [-0.4, -0.2) is 33.1 Å². The normalized spacial score (nSPS) is 13.3. The molecule has 1 unspecified atom stereocenters. The summed E-state index contributed by atoms with van der Waals surface area (Å²) in [6.07, 6.45) is 2.78. The van der Waals surface area contributed by atoms with Crippen LogP contribution in [-0.2, 0) is 7.05 Å². The van der Waals surface area contributed by atoms with Crippen LogP contribution in [0.2, 0.25) is 0 Å². The first-order valence-corrected chi connectivity index (χ1v) is 6.83. The lowest BCUT2D eigenvalue weighted by molar-refractivity contribution is 0.433. The van der Waals surface area contributed by atoms with Crippen LogP contribution in [0.25, 0.3) is 0 Å². The van der Waals surface area contributed by atoms with Gasteiger partial charge in [0, 0.05) is 18.8 Å². The largest absolute Gasteiger partial charge is 0.313 e. The topological polar surface area (TPSA) is 42.7 Å². The summed E-state index contributed by atoms with van der Waals surface area (Å²) in [4.78, 5) is 4.21. The van der Waals surface area contributed by atoms with Crippen LogP contribution in [0.15, 0.2) is 11.5 Å². The Morgan fingerprint density at radius 1 is 1.50 bits per heavy atom. The number of hydrogen-bond donors (Lipinski definition) is 1. The van der Waals surface area contributed by atoms with Crippen molar-refractivity contribution in [3.8, 4) is 0 Å². The van der Waals surface area contributed by atoms with Crippen molar-refractivity contribution in [2.24, 2.45) is 13.0 Å². The van der Waals surface area contributed by atoms with Gasteiger partial charge in [-0.25, -0.2) is 9.67 Å². The molecular formula is C11H22N4S. The van der Waals surface area contributed by atoms with Crippen LogP contribution in [0, 0.1) is 5.92 Å². The van der Waals surface area contributed by atoms with E-state index in [9.17, 15) is 0 Å². The van der Waals surface area contributed by atoms with Crippen molar-refractivity contribution in [3.63, 3.8) is 0 Å². The average molecular weight is 242 g/mol. The van der Waals surface area contributed by atoms with E-state index in [1.807, 2.05) is 11.7 Å². The molecule has 5 heteroatoms. The lowest BCUT2D eigenvalue weighted by Crippen LogP contribution is -2.36. The minimum absolute atomic E-state index is 0.543. The van der Waals surface area contributed by atoms with E-state index in [4.69, 9.17) is 0 Å². The molecule has 92 valence electrons. The summed E-state index contributed by atoms with van der Waals surface area (Å²) in [5.41, 5.74) is 0. The molecule has 1 atom stereocenters. The van der Waals surface area contributed by atoms with E-state index < -0.39 is 0 Å². The van der Waals surface area contributed by atoms with E-state index in [-0.39, 0.29) is 0 Å². The highest BCUT2D eigenvalue weighted by atomic mass is 32.2. The maximum atomic E-state index is 4.21. The van der Waals surface area contributed by atoms with Crippen molar-refractivity contribution in [1.29, 1.82) is 0 Å². The molecule has 1 aromatic rings. The minimum Gasteiger partial charge on any atom is -0.313 e. The SMILES string of the molecule is CCCNC(CSc1ncnn1C)C(C)C. The first-order valence-electron chi connectivity index (χ1n) is 5.85. The molecule has 0 bridgehead atoms. The standard InChI is InChI=1S/C11H22N4S/c1-5-6-12-10(9(2)3)7-16-11-13-8-14-15(11)4/h8-10,12H,5-7H2,1-4H3. The van der Waals surface area contributed by atoms with Gasteiger partial charge in [0.15, 0.2) is 5.16 Å². The first-order chi connectivity index (χ1) is 7.65. The zero-order valence-electron chi connectivity index (χ0n) is 10.6. The molecule has 1 heterocycles. The second-order valence-corrected chi connectivity index (χ2v) is 5.27. The summed E-state index contributed by atoms with van der Waals surface area (Å²) >= 11 is 1.77. The van der Waals surface area contributed by atoms with E-state index in [1.54, 1.807) is 18.1 Å². The zero-order valence-corrected chi connectivity index (χ0v) is 11.4. The van der Waals surface area contributed by atoms with E-state index in [0.717, 1.165) is 17.5 Å². The van der Waals surface area contributed by atoms with Crippen LogP contribution < -0.4 is 5.32 Å². The van der Waals surface area contributed by atoms with Crippen LogP contribution in [0.3, 0.4) is 0 Å². The summed E-state index contributed by atoms with van der Waals surface area (Å²) in [6, 6.07) is 0.543. The van der Waals surface area contributed by atoms with Crippen LogP contribution in [0.5, 0.6) is 0 Å². The van der Waals surface area contributed by atoms with Gasteiger partial charge in [-0.1, -0.05) is 32.5 Å². The molecule has 0 aliphatic rings. The smallest absolute Gasteiger partial charge is 0.185 e. The Bertz CT molecular complexity index is 298. The zero-order chi connectivity index (χ0) is 12.0. The molecule has 0 saturated heterocycles. The summed E-state index contributed by atoms with van der Waals surface area (Å²) in [5.74, 6) is 1.69. The van der Waals surface area contributed by atoms with Crippen molar-refractivity contribution >= 4 is 11.8 Å². The number of nitrogens with zero attached hydrogens (tertiary/aromatic N) is 3. The van der Waals surface area contributed by atoms with Crippen LogP contribution >= 0.6 is 11.8 Å². The van der Waals surface area contributed by atoms with Gasteiger partial charge >= 0.3 is 0 Å². The predicted octanol–water partition coefficient (Wildman–Crippen LogP) is 1.93. The van der Waals surface area contributed by atoms with Gasteiger partial charge in [-0.05, 0) is 18.9 Å². The quantitative estimate of drug-likeness (QED) is 0.742. The fourth-order valence-electron chi connectivity index (χ4n) is 1.40. The van der Waals surface area contributed by atoms with Gasteiger partial charge in [-0.3, -0.25) is 0 Å². The van der Waals surface area contributed by atoms with E-state index in [2.05, 4.69) is 36.2 Å². The van der Waals surface area contributed by atoms with Crippen molar-refractivity contribution < 1.29 is 0 Å². The van der Waals surface area contributed by atoms with Gasteiger partial charge < -0.3 is 5.32 Å². The van der Waals surface area contributed by atoms with Gasteiger partial charge in [0.25, 0.3) is 0 Å². The Kier molecular flexibility index (Phi) is 5.84. The molecule has 1 rings (SSSR count). The highest BCUT2D eigenvalue weighted by Crippen LogP contribution is 2.17. The molecule has 16 heavy (non-hydrogen) atoms. The lowest BCUT2D eigenvalue weighted by atomic mass is 10.1. The third-order valence-corrected chi connectivity index (χ3v) is 3.68. The molecule has 0 radical (unpaired) electrons. The fraction of sp³-hybridized carbons (Fsp3) is 0.818. The molecule has 1 N–H and O–H groups in total. The number of aromatic nitrogens is 3. The molecule has 0 fully saturated rings. The third-order valence-electron chi connectivity index (χ3n) is 2.52. The summed E-state index contributed by atoms with van der Waals surface area (Å²) < 4.78 is 1.82. The molecule has 0 spiro atoms. The second-order valence-electron chi connectivity index (χ2n) is 4.28. The Morgan fingerprint density at radius 2 is 2.25 bits per heavy atom. The predicted molar refractivity (Wildman–Crippen MR) is 68.6 cm³/mol. The minimum atomic E-state index is 0.543. The second kappa shape index (κ2) is 6.91. The van der Waals surface area contributed by atoms with Gasteiger partial charge in [0.2, 0.25) is 0 Å². The van der Waals surface area contributed by atoms with Crippen LogP contribution in [0.1, 0.15) is 27.2 Å². The molecule has 1 aromatic heterocycles. The Labute approximate surface area is 102 Å². The number of hydrogen-bond acceptors (Lipinski definition) is 4. The van der Waals surface area contributed by atoms with E-state index in [0.29, 0.717) is 12.0 Å². The number of nitrogens with one attached hydrogen (secondary N) is 1. The van der Waals surface area contributed by atoms with E-state index >= 15 is 0 Å². The van der Waals surface area contributed by atoms with Gasteiger partial charge in [0.1, 0.15) is 6.33 Å². The van der Waals surface area contributed by atoms with Crippen molar-refractivity contribution in [2.75, 3.05) is 12.3 Å². The Morgan fingerprint density at radius 3 is 2.75 bits per heavy atom. The number of aryl methyl sites for hydroxylation is 1. The highest BCUT2D eigenvalue weighted by molar-refractivity contribution is 7.99. The Balaban J connectivity index is 2.40. The highest BCUT2D eigenvalue weighted by Gasteiger charge is 2.13. The van der Waals surface area contributed by atoms with Crippen molar-refractivity contribution in [3.05, 3.63) is 6.33 Å². The van der Waals surface area contributed by atoms with Crippen molar-refractivity contribution in [1.82, 2.24) is 20.1 Å².